The fraction of sp³-hybridized carbons (Fsp3) is 0.286. The molecule has 2 heteroatoms. The summed E-state index contributed by atoms with van der Waals surface area (Å²) in [6, 6.07) is 1.87. The molecule has 0 aromatic carbocycles. The van der Waals surface area contributed by atoms with Gasteiger partial charge in [-0.3, -0.25) is 0 Å². The molecule has 2 nitrogen and oxygen atoms in total. The van der Waals surface area contributed by atoms with E-state index in [9.17, 15) is 0 Å². The van der Waals surface area contributed by atoms with Crippen LogP contribution >= 0.6 is 0 Å². The normalized spacial score (nSPS) is 9.56. The quantitative estimate of drug-likeness (QED) is 0.501. The van der Waals surface area contributed by atoms with Gasteiger partial charge in [0.15, 0.2) is 11.9 Å². The maximum atomic E-state index is 9.08. The van der Waals surface area contributed by atoms with Gasteiger partial charge in [0, 0.05) is 11.6 Å². The predicted octanol–water partition coefficient (Wildman–Crippen LogP) is 0.525. The van der Waals surface area contributed by atoms with Gasteiger partial charge in [-0.05, 0) is 6.92 Å². The minimum absolute atomic E-state index is 0.347. The molecule has 0 spiro atoms. The zero-order valence-electron chi connectivity index (χ0n) is 5.63. The molecule has 0 saturated carbocycles. The van der Waals surface area contributed by atoms with Crippen molar-refractivity contribution in [1.82, 2.24) is 0 Å². The lowest BCUT2D eigenvalue weighted by Crippen LogP contribution is -2.25. The fourth-order valence-electron chi connectivity index (χ4n) is 0.652. The van der Waals surface area contributed by atoms with Crippen LogP contribution in [0.4, 0.5) is 0 Å². The molecule has 0 amide bonds. The number of hydrogen-bond acceptors (Lipinski definition) is 1. The molecule has 1 aromatic heterocycles. The van der Waals surface area contributed by atoms with Crippen molar-refractivity contribution < 1.29 is 9.67 Å². The van der Waals surface area contributed by atoms with E-state index in [1.54, 1.807) is 6.20 Å². The van der Waals surface area contributed by atoms with Crippen molar-refractivity contribution in [2.45, 2.75) is 6.92 Å². The SMILES string of the molecule is Cc1cc[n+](C)cc1O. The molecule has 0 radical (unpaired) electrons. The Morgan fingerprint density at radius 2 is 2.22 bits per heavy atom. The van der Waals surface area contributed by atoms with Gasteiger partial charge in [-0.1, -0.05) is 0 Å². The summed E-state index contributed by atoms with van der Waals surface area (Å²) in [6.45, 7) is 1.87. The Kier molecular flexibility index (Phi) is 1.39. The van der Waals surface area contributed by atoms with E-state index in [1.165, 1.54) is 0 Å². The number of nitrogens with zero attached hydrogens (tertiary/aromatic N) is 1. The highest BCUT2D eigenvalue weighted by Crippen LogP contribution is 2.09. The molecule has 0 aliphatic heterocycles. The van der Waals surface area contributed by atoms with Crippen LogP contribution in [0.15, 0.2) is 18.5 Å². The van der Waals surface area contributed by atoms with Gasteiger partial charge in [-0.15, -0.1) is 0 Å². The topological polar surface area (TPSA) is 24.1 Å². The first-order valence-electron chi connectivity index (χ1n) is 2.85. The summed E-state index contributed by atoms with van der Waals surface area (Å²) < 4.78 is 1.81. The molecule has 1 aromatic rings. The third kappa shape index (κ3) is 1.19. The molecule has 0 saturated heterocycles. The maximum absolute atomic E-state index is 9.08. The molecule has 1 N–H and O–H groups in total. The van der Waals surface area contributed by atoms with E-state index < -0.39 is 0 Å². The average molecular weight is 124 g/mol. The summed E-state index contributed by atoms with van der Waals surface area (Å²) in [7, 11) is 1.87. The Bertz CT molecular complexity index is 220. The summed E-state index contributed by atoms with van der Waals surface area (Å²) in [6.07, 6.45) is 3.57. The van der Waals surface area contributed by atoms with Crippen molar-refractivity contribution in [2.24, 2.45) is 7.05 Å². The Morgan fingerprint density at radius 1 is 1.56 bits per heavy atom. The van der Waals surface area contributed by atoms with E-state index in [1.807, 2.05) is 30.8 Å². The molecular weight excluding hydrogens is 114 g/mol. The van der Waals surface area contributed by atoms with Crippen LogP contribution in [0.5, 0.6) is 5.75 Å². The Labute approximate surface area is 54.4 Å². The fourth-order valence-corrected chi connectivity index (χ4v) is 0.652. The minimum Gasteiger partial charge on any atom is -0.503 e. The monoisotopic (exact) mass is 124 g/mol. The molecule has 0 unspecified atom stereocenters. The van der Waals surface area contributed by atoms with Crippen molar-refractivity contribution in [2.75, 3.05) is 0 Å². The summed E-state index contributed by atoms with van der Waals surface area (Å²) >= 11 is 0. The van der Waals surface area contributed by atoms with E-state index in [-0.39, 0.29) is 0 Å². The second kappa shape index (κ2) is 2.05. The van der Waals surface area contributed by atoms with Gasteiger partial charge < -0.3 is 5.11 Å². The molecule has 0 aliphatic carbocycles. The van der Waals surface area contributed by atoms with Gasteiger partial charge in [0.2, 0.25) is 6.20 Å². The molecule has 1 heterocycles. The zero-order chi connectivity index (χ0) is 6.85. The third-order valence-corrected chi connectivity index (χ3v) is 1.29. The van der Waals surface area contributed by atoms with Crippen LogP contribution < -0.4 is 4.57 Å². The Hall–Kier alpha value is -1.05. The minimum atomic E-state index is 0.347. The first-order valence-corrected chi connectivity index (χ1v) is 2.85. The number of aromatic hydroxyl groups is 1. The number of aromatic nitrogens is 1. The van der Waals surface area contributed by atoms with Gasteiger partial charge >= 0.3 is 0 Å². The van der Waals surface area contributed by atoms with Crippen LogP contribution in [0.2, 0.25) is 0 Å². The Balaban J connectivity index is 3.17. The summed E-state index contributed by atoms with van der Waals surface area (Å²) in [5, 5.41) is 9.08. The predicted molar refractivity (Wildman–Crippen MR) is 34.0 cm³/mol. The maximum Gasteiger partial charge on any atom is 0.210 e. The van der Waals surface area contributed by atoms with Crippen molar-refractivity contribution in [3.63, 3.8) is 0 Å². The highest BCUT2D eigenvalue weighted by Gasteiger charge is 1.97. The van der Waals surface area contributed by atoms with Crippen molar-refractivity contribution in [3.8, 4) is 5.75 Å². The van der Waals surface area contributed by atoms with Gasteiger partial charge in [-0.2, -0.15) is 0 Å². The highest BCUT2D eigenvalue weighted by molar-refractivity contribution is 5.23. The van der Waals surface area contributed by atoms with E-state index in [0.29, 0.717) is 5.75 Å². The molecule has 0 bridgehead atoms. The lowest BCUT2D eigenvalue weighted by molar-refractivity contribution is -0.671. The smallest absolute Gasteiger partial charge is 0.210 e. The molecule has 0 aliphatic rings. The first kappa shape index (κ1) is 6.08. The van der Waals surface area contributed by atoms with Crippen molar-refractivity contribution >= 4 is 0 Å². The van der Waals surface area contributed by atoms with Crippen LogP contribution in [0, 0.1) is 6.92 Å². The number of rotatable bonds is 0. The number of pyridine rings is 1. The zero-order valence-corrected chi connectivity index (χ0v) is 5.63. The van der Waals surface area contributed by atoms with Gasteiger partial charge in [0.1, 0.15) is 7.05 Å². The number of hydrogen-bond donors (Lipinski definition) is 1. The molecular formula is C7H10NO+. The largest absolute Gasteiger partial charge is 0.503 e. The summed E-state index contributed by atoms with van der Waals surface area (Å²) in [5.41, 5.74) is 0.910. The van der Waals surface area contributed by atoms with Crippen LogP contribution in [0.25, 0.3) is 0 Å². The van der Waals surface area contributed by atoms with E-state index in [0.717, 1.165) is 5.56 Å². The Morgan fingerprint density at radius 3 is 2.67 bits per heavy atom. The van der Waals surface area contributed by atoms with Crippen LogP contribution in [-0.2, 0) is 7.05 Å². The van der Waals surface area contributed by atoms with Gasteiger partial charge in [-0.25, -0.2) is 4.57 Å². The summed E-state index contributed by atoms with van der Waals surface area (Å²) in [4.78, 5) is 0. The standard InChI is InChI=1S/C7H9NO/c1-6-3-4-8(2)5-7(6)9/h3-5H,1-2H3/p+1. The van der Waals surface area contributed by atoms with Crippen LogP contribution in [0.3, 0.4) is 0 Å². The van der Waals surface area contributed by atoms with Crippen molar-refractivity contribution in [3.05, 3.63) is 24.0 Å². The lowest BCUT2D eigenvalue weighted by atomic mass is 10.3. The van der Waals surface area contributed by atoms with Gasteiger partial charge in [0.25, 0.3) is 0 Å². The van der Waals surface area contributed by atoms with E-state index in [4.69, 9.17) is 5.11 Å². The third-order valence-electron chi connectivity index (χ3n) is 1.29. The molecule has 0 atom stereocenters. The molecule has 9 heavy (non-hydrogen) atoms. The number of aryl methyl sites for hydroxylation is 2. The van der Waals surface area contributed by atoms with Crippen LogP contribution in [-0.4, -0.2) is 5.11 Å². The molecule has 0 fully saturated rings. The van der Waals surface area contributed by atoms with Crippen LogP contribution in [0.1, 0.15) is 5.56 Å². The molecule has 1 rings (SSSR count). The second-order valence-electron chi connectivity index (χ2n) is 2.18. The van der Waals surface area contributed by atoms with Gasteiger partial charge in [0.05, 0.1) is 0 Å². The molecule has 48 valence electrons. The summed E-state index contributed by atoms with van der Waals surface area (Å²) in [5.74, 6) is 0.347. The van der Waals surface area contributed by atoms with E-state index in [2.05, 4.69) is 0 Å². The first-order chi connectivity index (χ1) is 4.20. The second-order valence-corrected chi connectivity index (χ2v) is 2.18. The average Bonchev–Trinajstić information content (AvgIpc) is 1.80. The highest BCUT2D eigenvalue weighted by atomic mass is 16.3. The van der Waals surface area contributed by atoms with Crippen molar-refractivity contribution in [1.29, 1.82) is 0 Å². The lowest BCUT2D eigenvalue weighted by Gasteiger charge is -1.92. The van der Waals surface area contributed by atoms with E-state index >= 15 is 0 Å².